The van der Waals surface area contributed by atoms with Crippen molar-refractivity contribution in [3.05, 3.63) is 28.3 Å². The molecule has 0 unspecified atom stereocenters. The Bertz CT molecular complexity index is 393. The van der Waals surface area contributed by atoms with Crippen LogP contribution >= 0.6 is 0 Å². The largest absolute Gasteiger partial charge is 0.480 e. The van der Waals surface area contributed by atoms with Crippen molar-refractivity contribution < 1.29 is 17.7 Å². The molecule has 0 bridgehead atoms. The van der Waals surface area contributed by atoms with E-state index in [1.54, 1.807) is 0 Å². The molecule has 0 saturated carbocycles. The minimum absolute atomic E-state index is 0.158. The molecule has 0 radical (unpaired) electrons. The van der Waals surface area contributed by atoms with Gasteiger partial charge in [-0.2, -0.15) is 0 Å². The van der Waals surface area contributed by atoms with Crippen molar-refractivity contribution in [2.75, 3.05) is 0 Å². The molecule has 0 aliphatic heterocycles. The minimum Gasteiger partial charge on any atom is -0.480 e. The van der Waals surface area contributed by atoms with E-state index in [4.69, 9.17) is 7.85 Å². The number of rotatable bonds is 5. The summed E-state index contributed by atoms with van der Waals surface area (Å²) in [5.74, 6) is -1.67. The van der Waals surface area contributed by atoms with E-state index in [0.717, 1.165) is 12.5 Å². The van der Waals surface area contributed by atoms with Gasteiger partial charge in [-0.1, -0.05) is 0 Å². The molecule has 14 heavy (non-hydrogen) atoms. The Balaban J connectivity index is 3.01. The van der Waals surface area contributed by atoms with E-state index in [0.29, 0.717) is 0 Å². The van der Waals surface area contributed by atoms with Crippen LogP contribution < -0.4 is 5.43 Å². The van der Waals surface area contributed by atoms with Crippen molar-refractivity contribution in [1.29, 1.82) is 0 Å². The molecule has 8 nitrogen and oxygen atoms in total. The molecule has 0 aromatic carbocycles. The molecule has 0 aliphatic rings. The number of imidazole rings is 1. The van der Waals surface area contributed by atoms with Crippen LogP contribution in [0.15, 0.2) is 12.5 Å². The number of hydrogen-bond acceptors (Lipinski definition) is 4. The van der Waals surface area contributed by atoms with Crippen LogP contribution in [0.4, 0.5) is 0 Å². The predicted octanol–water partition coefficient (Wildman–Crippen LogP) is -0.813. The second-order valence-corrected chi connectivity index (χ2v) is 2.27. The molecule has 0 spiro atoms. The zero-order valence-corrected chi connectivity index (χ0v) is 6.80. The summed E-state index contributed by atoms with van der Waals surface area (Å²) in [4.78, 5) is 26.8. The number of nitro groups is 1. The standard InChI is InChI=1S/C6H8N4O4/c11-6(12)5(9-10(13)14)1-4-2-7-3-8-4/h2-3,5,9H,1H2,(H,7,8)(H,11,12)/t5-/m0/s1/i1D2. The molecular formula is C6H8N4O4. The van der Waals surface area contributed by atoms with E-state index in [9.17, 15) is 14.9 Å². The van der Waals surface area contributed by atoms with Crippen LogP contribution in [0.25, 0.3) is 0 Å². The highest BCUT2D eigenvalue weighted by atomic mass is 16.7. The predicted molar refractivity (Wildman–Crippen MR) is 43.8 cm³/mol. The maximum absolute atomic E-state index is 10.7. The van der Waals surface area contributed by atoms with Crippen molar-refractivity contribution >= 4 is 5.97 Å². The minimum atomic E-state index is -2.48. The van der Waals surface area contributed by atoms with Gasteiger partial charge in [0.2, 0.25) is 0 Å². The van der Waals surface area contributed by atoms with Crippen LogP contribution in [0.2, 0.25) is 0 Å². The maximum atomic E-state index is 10.7. The van der Waals surface area contributed by atoms with Gasteiger partial charge in [0.05, 0.1) is 6.33 Å². The Morgan fingerprint density at radius 2 is 2.71 bits per heavy atom. The van der Waals surface area contributed by atoms with E-state index in [1.165, 1.54) is 5.43 Å². The molecular weight excluding hydrogens is 192 g/mol. The summed E-state index contributed by atoms with van der Waals surface area (Å²) in [5.41, 5.74) is 1.25. The number of hydrazine groups is 1. The zero-order valence-electron chi connectivity index (χ0n) is 8.80. The number of aliphatic carboxylic acids is 1. The highest BCUT2D eigenvalue weighted by molar-refractivity contribution is 5.73. The second-order valence-electron chi connectivity index (χ2n) is 2.27. The van der Waals surface area contributed by atoms with Crippen LogP contribution in [-0.4, -0.2) is 32.1 Å². The van der Waals surface area contributed by atoms with Crippen molar-refractivity contribution in [3.8, 4) is 0 Å². The average molecular weight is 202 g/mol. The summed E-state index contributed by atoms with van der Waals surface area (Å²) in [6.07, 6.45) is -0.259. The Morgan fingerprint density at radius 3 is 3.14 bits per heavy atom. The lowest BCUT2D eigenvalue weighted by Gasteiger charge is -2.06. The first-order valence-electron chi connectivity index (χ1n) is 4.48. The Hall–Kier alpha value is -2.12. The highest BCUT2D eigenvalue weighted by Gasteiger charge is 2.22. The number of H-pyrrole nitrogens is 1. The fourth-order valence-corrected chi connectivity index (χ4v) is 0.745. The first kappa shape index (κ1) is 7.30. The quantitative estimate of drug-likeness (QED) is 0.424. The Labute approximate surface area is 80.9 Å². The summed E-state index contributed by atoms with van der Waals surface area (Å²) in [5, 5.41) is 17.8. The molecule has 1 aromatic heterocycles. The number of hydrogen-bond donors (Lipinski definition) is 3. The average Bonchev–Trinajstić information content (AvgIpc) is 2.66. The first-order chi connectivity index (χ1) is 7.35. The van der Waals surface area contributed by atoms with Crippen molar-refractivity contribution in [3.63, 3.8) is 0 Å². The fraction of sp³-hybridized carbons (Fsp3) is 0.333. The van der Waals surface area contributed by atoms with Crippen molar-refractivity contribution in [2.24, 2.45) is 0 Å². The van der Waals surface area contributed by atoms with Crippen molar-refractivity contribution in [1.82, 2.24) is 15.4 Å². The normalized spacial score (nSPS) is 15.1. The summed E-state index contributed by atoms with van der Waals surface area (Å²) < 4.78 is 15.0. The number of carboxylic acids is 1. The van der Waals surface area contributed by atoms with Gasteiger partial charge in [-0.05, 0) is 0 Å². The Morgan fingerprint density at radius 1 is 2.00 bits per heavy atom. The molecule has 0 aliphatic carbocycles. The van der Waals surface area contributed by atoms with Gasteiger partial charge in [-0.15, -0.1) is 5.43 Å². The number of nitrogens with one attached hydrogen (secondary N) is 2. The van der Waals surface area contributed by atoms with Gasteiger partial charge in [-0.25, -0.2) is 19.9 Å². The lowest BCUT2D eigenvalue weighted by Crippen LogP contribution is -2.41. The van der Waals surface area contributed by atoms with Crippen LogP contribution in [0.1, 0.15) is 8.44 Å². The van der Waals surface area contributed by atoms with E-state index in [2.05, 4.69) is 9.97 Å². The summed E-state index contributed by atoms with van der Waals surface area (Å²) >= 11 is 0. The summed E-state index contributed by atoms with van der Waals surface area (Å²) in [6, 6.07) is -2.01. The second kappa shape index (κ2) is 4.21. The lowest BCUT2D eigenvalue weighted by atomic mass is 10.2. The molecule has 1 heterocycles. The monoisotopic (exact) mass is 202 g/mol. The van der Waals surface area contributed by atoms with Gasteiger partial charge >= 0.3 is 5.97 Å². The molecule has 0 amide bonds. The van der Waals surface area contributed by atoms with Crippen LogP contribution in [-0.2, 0) is 11.2 Å². The first-order valence-corrected chi connectivity index (χ1v) is 3.48. The Kier molecular flexibility index (Phi) is 2.20. The van der Waals surface area contributed by atoms with Gasteiger partial charge < -0.3 is 10.1 Å². The molecule has 0 fully saturated rings. The number of aromatic amines is 1. The SMILES string of the molecule is [2H]C([2H])(c1cnc[nH]1)[C@H](N[N+](=O)[O-])C(=O)O. The summed E-state index contributed by atoms with van der Waals surface area (Å²) in [7, 11) is 0. The van der Waals surface area contributed by atoms with Crippen LogP contribution in [0, 0.1) is 10.1 Å². The topological polar surface area (TPSA) is 121 Å². The van der Waals surface area contributed by atoms with E-state index in [1.807, 2.05) is 0 Å². The molecule has 8 heteroatoms. The lowest BCUT2D eigenvalue weighted by molar-refractivity contribution is -0.548. The van der Waals surface area contributed by atoms with Gasteiger partial charge in [-0.3, -0.25) is 0 Å². The third-order valence-corrected chi connectivity index (χ3v) is 1.28. The zero-order chi connectivity index (χ0) is 12.3. The van der Waals surface area contributed by atoms with Crippen LogP contribution in [0.3, 0.4) is 0 Å². The smallest absolute Gasteiger partial charge is 0.332 e. The molecule has 3 N–H and O–H groups in total. The highest BCUT2D eigenvalue weighted by Crippen LogP contribution is 1.98. The maximum Gasteiger partial charge on any atom is 0.332 e. The molecule has 76 valence electrons. The van der Waals surface area contributed by atoms with Gasteiger partial charge in [0.1, 0.15) is 0 Å². The van der Waals surface area contributed by atoms with Crippen molar-refractivity contribution in [2.45, 2.75) is 12.4 Å². The van der Waals surface area contributed by atoms with E-state index < -0.39 is 23.4 Å². The number of aromatic nitrogens is 2. The molecule has 1 aromatic rings. The number of carbonyl (C=O) groups is 1. The van der Waals surface area contributed by atoms with E-state index >= 15 is 0 Å². The molecule has 1 atom stereocenters. The fourth-order valence-electron chi connectivity index (χ4n) is 0.745. The van der Waals surface area contributed by atoms with Gasteiger partial charge in [0.25, 0.3) is 0 Å². The van der Waals surface area contributed by atoms with Crippen LogP contribution in [0.5, 0.6) is 0 Å². The third kappa shape index (κ3) is 2.73. The van der Waals surface area contributed by atoms with E-state index in [-0.39, 0.29) is 5.69 Å². The number of nitrogens with zero attached hydrogens (tertiary/aromatic N) is 2. The van der Waals surface area contributed by atoms with Gasteiger partial charge in [0, 0.05) is 21.0 Å². The number of carboxylic acid groups (broad SMARTS) is 1. The molecule has 1 rings (SSSR count). The third-order valence-electron chi connectivity index (χ3n) is 1.28. The molecule has 0 saturated heterocycles. The summed E-state index contributed by atoms with van der Waals surface area (Å²) in [6.45, 7) is 0. The van der Waals surface area contributed by atoms with Gasteiger partial charge in [0.15, 0.2) is 11.1 Å².